The van der Waals surface area contributed by atoms with Gasteiger partial charge in [-0.15, -0.1) is 0 Å². The maximum Gasteiger partial charge on any atom is 0.246 e. The minimum Gasteiger partial charge on any atom is -0.394 e. The fraction of sp³-hybridized carbons (Fsp3) is 0.929. The van der Waals surface area contributed by atoms with Crippen molar-refractivity contribution in [3.63, 3.8) is 0 Å². The molecule has 0 radical (unpaired) electrons. The van der Waals surface area contributed by atoms with E-state index in [2.05, 4.69) is 42.9 Å². The van der Waals surface area contributed by atoms with Gasteiger partial charge in [0, 0.05) is 7.11 Å². The molecule has 0 spiro atoms. The van der Waals surface area contributed by atoms with E-state index < -0.39 is 5.54 Å². The number of methoxy groups -OCH3 is 1. The van der Waals surface area contributed by atoms with E-state index in [4.69, 9.17) is 5.11 Å². The Balaban J connectivity index is 0. The SMILES string of the molecule is CC(C)CCN(C)C.COCC(=O)NC(C)(C)CO. The minimum atomic E-state index is -0.560. The molecule has 1 amide bonds. The average Bonchev–Trinajstić information content (AvgIpc) is 2.27. The predicted octanol–water partition coefficient (Wildman–Crippen LogP) is 1.11. The van der Waals surface area contributed by atoms with Gasteiger partial charge >= 0.3 is 0 Å². The Labute approximate surface area is 118 Å². The maximum atomic E-state index is 10.9. The van der Waals surface area contributed by atoms with Gasteiger partial charge in [0.15, 0.2) is 0 Å². The molecule has 0 aliphatic carbocycles. The van der Waals surface area contributed by atoms with E-state index in [0.29, 0.717) is 0 Å². The molecule has 0 fully saturated rings. The quantitative estimate of drug-likeness (QED) is 0.731. The molecule has 0 aromatic carbocycles. The normalized spacial score (nSPS) is 11.3. The zero-order valence-corrected chi connectivity index (χ0v) is 13.6. The Morgan fingerprint density at radius 3 is 2.16 bits per heavy atom. The molecule has 0 heterocycles. The van der Waals surface area contributed by atoms with Crippen LogP contribution in [0.15, 0.2) is 0 Å². The minimum absolute atomic E-state index is 0.0312. The molecular formula is C14H32N2O3. The van der Waals surface area contributed by atoms with Crippen molar-refractivity contribution in [3.05, 3.63) is 0 Å². The van der Waals surface area contributed by atoms with Gasteiger partial charge in [-0.3, -0.25) is 4.79 Å². The third-order valence-corrected chi connectivity index (χ3v) is 2.30. The third-order valence-electron chi connectivity index (χ3n) is 2.30. The zero-order chi connectivity index (χ0) is 15.5. The van der Waals surface area contributed by atoms with Crippen molar-refractivity contribution in [2.75, 3.05) is 41.0 Å². The first-order valence-corrected chi connectivity index (χ1v) is 6.70. The lowest BCUT2D eigenvalue weighted by Crippen LogP contribution is -2.47. The first-order valence-electron chi connectivity index (χ1n) is 6.70. The molecule has 0 bridgehead atoms. The summed E-state index contributed by atoms with van der Waals surface area (Å²) in [5.74, 6) is 0.629. The second-order valence-electron chi connectivity index (χ2n) is 6.01. The van der Waals surface area contributed by atoms with Crippen LogP contribution in [0.5, 0.6) is 0 Å². The molecule has 5 nitrogen and oxygen atoms in total. The number of aliphatic hydroxyl groups excluding tert-OH is 1. The number of nitrogens with zero attached hydrogens (tertiary/aromatic N) is 1. The summed E-state index contributed by atoms with van der Waals surface area (Å²) in [5, 5.41) is 11.3. The molecule has 0 aromatic rings. The highest BCUT2D eigenvalue weighted by atomic mass is 16.5. The van der Waals surface area contributed by atoms with Gasteiger partial charge in [-0.2, -0.15) is 0 Å². The number of carbonyl (C=O) groups excluding carboxylic acids is 1. The lowest BCUT2D eigenvalue weighted by Gasteiger charge is -2.22. The maximum absolute atomic E-state index is 10.9. The number of carbonyl (C=O) groups is 1. The van der Waals surface area contributed by atoms with Crippen LogP contribution in [-0.2, 0) is 9.53 Å². The predicted molar refractivity (Wildman–Crippen MR) is 79.2 cm³/mol. The molecule has 5 heteroatoms. The molecule has 0 saturated heterocycles. The van der Waals surface area contributed by atoms with Crippen molar-refractivity contribution in [1.29, 1.82) is 0 Å². The van der Waals surface area contributed by atoms with Crippen LogP contribution < -0.4 is 5.32 Å². The van der Waals surface area contributed by atoms with E-state index in [9.17, 15) is 4.79 Å². The molecule has 0 saturated carbocycles. The summed E-state index contributed by atoms with van der Waals surface area (Å²) < 4.78 is 4.60. The standard InChI is InChI=1S/C7H15NO3.C7H17N/c1-7(2,5-9)8-6(10)4-11-3;1-7(2)5-6-8(3)4/h9H,4-5H2,1-3H3,(H,8,10);7H,5-6H2,1-4H3. The van der Waals surface area contributed by atoms with Crippen molar-refractivity contribution < 1.29 is 14.6 Å². The fourth-order valence-electron chi connectivity index (χ4n) is 1.10. The van der Waals surface area contributed by atoms with Crippen LogP contribution in [0, 0.1) is 5.92 Å². The van der Waals surface area contributed by atoms with Gasteiger partial charge in [0.1, 0.15) is 6.61 Å². The third kappa shape index (κ3) is 17.4. The summed E-state index contributed by atoms with van der Waals surface area (Å²) in [4.78, 5) is 13.1. The van der Waals surface area contributed by atoms with Gasteiger partial charge in [-0.1, -0.05) is 13.8 Å². The molecular weight excluding hydrogens is 244 g/mol. The lowest BCUT2D eigenvalue weighted by atomic mass is 10.1. The molecule has 0 aromatic heterocycles. The summed E-state index contributed by atoms with van der Waals surface area (Å²) in [7, 11) is 5.68. The van der Waals surface area contributed by atoms with Gasteiger partial charge < -0.3 is 20.1 Å². The van der Waals surface area contributed by atoms with Gasteiger partial charge in [-0.25, -0.2) is 0 Å². The Hall–Kier alpha value is -0.650. The fourth-order valence-corrected chi connectivity index (χ4v) is 1.10. The van der Waals surface area contributed by atoms with Crippen LogP contribution in [0.3, 0.4) is 0 Å². The number of aliphatic hydroxyl groups is 1. The van der Waals surface area contributed by atoms with Crippen molar-refractivity contribution in [1.82, 2.24) is 10.2 Å². The number of ether oxygens (including phenoxy) is 1. The highest BCUT2D eigenvalue weighted by Crippen LogP contribution is 1.99. The Bertz CT molecular complexity index is 221. The van der Waals surface area contributed by atoms with Crippen molar-refractivity contribution >= 4 is 5.91 Å². The Kier molecular flexibility index (Phi) is 12.2. The highest BCUT2D eigenvalue weighted by Gasteiger charge is 2.18. The number of hydrogen-bond donors (Lipinski definition) is 2. The average molecular weight is 276 g/mol. The van der Waals surface area contributed by atoms with Crippen LogP contribution in [0.4, 0.5) is 0 Å². The summed E-state index contributed by atoms with van der Waals surface area (Å²) in [6, 6.07) is 0. The molecule has 0 unspecified atom stereocenters. The van der Waals surface area contributed by atoms with Gasteiger partial charge in [0.2, 0.25) is 5.91 Å². The monoisotopic (exact) mass is 276 g/mol. The molecule has 116 valence electrons. The lowest BCUT2D eigenvalue weighted by molar-refractivity contribution is -0.126. The van der Waals surface area contributed by atoms with Crippen molar-refractivity contribution in [2.45, 2.75) is 39.7 Å². The Morgan fingerprint density at radius 1 is 1.37 bits per heavy atom. The van der Waals surface area contributed by atoms with Gasteiger partial charge in [0.05, 0.1) is 12.1 Å². The van der Waals surface area contributed by atoms with Crippen LogP contribution in [0.25, 0.3) is 0 Å². The number of nitrogens with one attached hydrogen (secondary N) is 1. The highest BCUT2D eigenvalue weighted by molar-refractivity contribution is 5.77. The summed E-state index contributed by atoms with van der Waals surface area (Å²) in [6.07, 6.45) is 1.31. The zero-order valence-electron chi connectivity index (χ0n) is 13.6. The number of amides is 1. The van der Waals surface area contributed by atoms with Gasteiger partial charge in [0.25, 0.3) is 0 Å². The largest absolute Gasteiger partial charge is 0.394 e. The molecule has 0 aliphatic rings. The second kappa shape index (κ2) is 11.2. The first kappa shape index (κ1) is 20.7. The van der Waals surface area contributed by atoms with Crippen LogP contribution in [-0.4, -0.2) is 62.4 Å². The smallest absolute Gasteiger partial charge is 0.246 e. The van der Waals surface area contributed by atoms with E-state index in [0.717, 1.165) is 5.92 Å². The molecule has 0 atom stereocenters. The van der Waals surface area contributed by atoms with E-state index in [-0.39, 0.29) is 19.1 Å². The molecule has 0 rings (SSSR count). The van der Waals surface area contributed by atoms with Crippen LogP contribution >= 0.6 is 0 Å². The summed E-state index contributed by atoms with van der Waals surface area (Å²) >= 11 is 0. The van der Waals surface area contributed by atoms with E-state index in [1.807, 2.05) is 0 Å². The summed E-state index contributed by atoms with van der Waals surface area (Å²) in [6.45, 7) is 9.15. The van der Waals surface area contributed by atoms with Gasteiger partial charge in [-0.05, 0) is 46.8 Å². The van der Waals surface area contributed by atoms with Crippen molar-refractivity contribution in [3.8, 4) is 0 Å². The van der Waals surface area contributed by atoms with E-state index in [1.165, 1.54) is 20.1 Å². The molecule has 2 N–H and O–H groups in total. The number of hydrogen-bond acceptors (Lipinski definition) is 4. The molecule has 0 aliphatic heterocycles. The molecule has 19 heavy (non-hydrogen) atoms. The summed E-state index contributed by atoms with van der Waals surface area (Å²) in [5.41, 5.74) is -0.560. The van der Waals surface area contributed by atoms with Crippen LogP contribution in [0.1, 0.15) is 34.1 Å². The first-order chi connectivity index (χ1) is 8.64. The van der Waals surface area contributed by atoms with E-state index in [1.54, 1.807) is 13.8 Å². The van der Waals surface area contributed by atoms with Crippen LogP contribution in [0.2, 0.25) is 0 Å². The van der Waals surface area contributed by atoms with E-state index >= 15 is 0 Å². The number of rotatable bonds is 7. The Morgan fingerprint density at radius 2 is 1.89 bits per heavy atom. The van der Waals surface area contributed by atoms with Crippen molar-refractivity contribution in [2.24, 2.45) is 5.92 Å². The second-order valence-corrected chi connectivity index (χ2v) is 6.01. The topological polar surface area (TPSA) is 61.8 Å².